The van der Waals surface area contributed by atoms with Gasteiger partial charge in [-0.1, -0.05) is 0 Å². The second-order valence-corrected chi connectivity index (χ2v) is 10.4. The molecule has 11 nitrogen and oxygen atoms in total. The molecule has 2 rings (SSSR count). The summed E-state index contributed by atoms with van der Waals surface area (Å²) >= 11 is 0. The van der Waals surface area contributed by atoms with Crippen molar-refractivity contribution in [2.24, 2.45) is 5.73 Å². The fraction of sp³-hybridized carbons (Fsp3) is 0.667. The first kappa shape index (κ1) is 31.0. The van der Waals surface area contributed by atoms with E-state index in [1.54, 1.807) is 17.0 Å². The van der Waals surface area contributed by atoms with Crippen molar-refractivity contribution < 1.29 is 33.3 Å². The maximum atomic E-state index is 13.1. The molecule has 1 heterocycles. The van der Waals surface area contributed by atoms with Crippen molar-refractivity contribution in [2.75, 3.05) is 40.5 Å². The van der Waals surface area contributed by atoms with Crippen molar-refractivity contribution >= 4 is 17.9 Å². The number of methoxy groups -OCH3 is 2. The Balaban J connectivity index is 1.94. The Hall–Kier alpha value is -3.21. The van der Waals surface area contributed by atoms with Gasteiger partial charge in [0.05, 0.1) is 38.5 Å². The average Bonchev–Trinajstić information content (AvgIpc) is 2.86. The average molecular weight is 537 g/mol. The lowest BCUT2D eigenvalue weighted by molar-refractivity contribution is -0.128. The Morgan fingerprint density at radius 1 is 1.03 bits per heavy atom. The highest BCUT2D eigenvalue weighted by molar-refractivity contribution is 5.86. The number of unbranched alkanes of at least 4 members (excludes halogenated alkanes) is 1. The van der Waals surface area contributed by atoms with Gasteiger partial charge in [-0.15, -0.1) is 0 Å². The van der Waals surface area contributed by atoms with E-state index in [9.17, 15) is 14.4 Å². The van der Waals surface area contributed by atoms with E-state index in [0.717, 1.165) is 12.8 Å². The highest BCUT2D eigenvalue weighted by Gasteiger charge is 2.39. The summed E-state index contributed by atoms with van der Waals surface area (Å²) in [5, 5.41) is 5.68. The van der Waals surface area contributed by atoms with E-state index in [2.05, 4.69) is 10.6 Å². The molecule has 214 valence electrons. The van der Waals surface area contributed by atoms with E-state index >= 15 is 0 Å². The van der Waals surface area contributed by atoms with Crippen LogP contribution in [0.2, 0.25) is 0 Å². The smallest absolute Gasteiger partial charge is 0.410 e. The SMILES string of the molecule is CCNC(=O)CCCCOc1cc(OC)c(CNC(=O)C2(N)CCN(C(=O)OC(C)(C)C)CC2)c(OC)c1. The van der Waals surface area contributed by atoms with Crippen LogP contribution in [0.3, 0.4) is 0 Å². The maximum Gasteiger partial charge on any atom is 0.410 e. The number of nitrogens with two attached hydrogens (primary N) is 1. The number of nitrogens with one attached hydrogen (secondary N) is 2. The topological polar surface area (TPSA) is 141 Å². The lowest BCUT2D eigenvalue weighted by atomic mass is 9.87. The fourth-order valence-corrected chi connectivity index (χ4v) is 4.07. The molecule has 1 aliphatic heterocycles. The molecule has 1 saturated heterocycles. The van der Waals surface area contributed by atoms with Gasteiger partial charge in [0.15, 0.2) is 0 Å². The highest BCUT2D eigenvalue weighted by Crippen LogP contribution is 2.34. The number of hydrogen-bond acceptors (Lipinski definition) is 8. The summed E-state index contributed by atoms with van der Waals surface area (Å²) in [5.41, 5.74) is 5.40. The van der Waals surface area contributed by atoms with Crippen LogP contribution >= 0.6 is 0 Å². The number of ether oxygens (including phenoxy) is 4. The summed E-state index contributed by atoms with van der Waals surface area (Å²) in [6.07, 6.45) is 2.14. The van der Waals surface area contributed by atoms with E-state index in [1.165, 1.54) is 14.2 Å². The lowest BCUT2D eigenvalue weighted by Crippen LogP contribution is -2.60. The number of nitrogens with zero attached hydrogens (tertiary/aromatic N) is 1. The van der Waals surface area contributed by atoms with Crippen LogP contribution < -0.4 is 30.6 Å². The van der Waals surface area contributed by atoms with Crippen molar-refractivity contribution in [1.82, 2.24) is 15.5 Å². The standard InChI is InChI=1S/C27H44N4O7/c1-7-29-23(32)10-8-9-15-37-19-16-21(35-5)20(22(17-19)36-6)18-30-24(33)27(28)11-13-31(14-12-27)25(34)38-26(2,3)4/h16-17H,7-15,18,28H2,1-6H3,(H,29,32)(H,30,33). The molecular weight excluding hydrogens is 492 g/mol. The molecule has 0 spiro atoms. The number of amides is 3. The van der Waals surface area contributed by atoms with Gasteiger partial charge in [0.2, 0.25) is 11.8 Å². The highest BCUT2D eigenvalue weighted by atomic mass is 16.6. The van der Waals surface area contributed by atoms with Gasteiger partial charge in [0.1, 0.15) is 22.8 Å². The number of carbonyl (C=O) groups excluding carboxylic acids is 3. The predicted molar refractivity (Wildman–Crippen MR) is 143 cm³/mol. The molecular formula is C27H44N4O7. The van der Waals surface area contributed by atoms with E-state index in [0.29, 0.717) is 68.3 Å². The summed E-state index contributed by atoms with van der Waals surface area (Å²) in [7, 11) is 3.07. The molecule has 1 fully saturated rings. The third-order valence-corrected chi connectivity index (χ3v) is 6.21. The quantitative estimate of drug-likeness (QED) is 0.346. The van der Waals surface area contributed by atoms with Crippen molar-refractivity contribution in [1.29, 1.82) is 0 Å². The zero-order chi connectivity index (χ0) is 28.3. The van der Waals surface area contributed by atoms with Crippen molar-refractivity contribution in [3.63, 3.8) is 0 Å². The molecule has 0 unspecified atom stereocenters. The molecule has 3 amide bonds. The van der Waals surface area contributed by atoms with Crippen LogP contribution in [-0.4, -0.2) is 74.4 Å². The van der Waals surface area contributed by atoms with Crippen LogP contribution in [0.15, 0.2) is 12.1 Å². The van der Waals surface area contributed by atoms with E-state index < -0.39 is 17.2 Å². The predicted octanol–water partition coefficient (Wildman–Crippen LogP) is 2.73. The van der Waals surface area contributed by atoms with Crippen molar-refractivity contribution in [2.45, 2.75) is 77.5 Å². The number of likely N-dealkylation sites (tertiary alicyclic amines) is 1. The monoisotopic (exact) mass is 536 g/mol. The zero-order valence-corrected chi connectivity index (χ0v) is 23.6. The third kappa shape index (κ3) is 9.27. The first-order chi connectivity index (χ1) is 17.9. The number of carbonyl (C=O) groups is 3. The minimum atomic E-state index is -1.10. The Labute approximate surface area is 225 Å². The van der Waals surface area contributed by atoms with Gasteiger partial charge >= 0.3 is 6.09 Å². The molecule has 1 aromatic rings. The van der Waals surface area contributed by atoms with Gasteiger partial charge in [0.25, 0.3) is 0 Å². The molecule has 38 heavy (non-hydrogen) atoms. The first-order valence-electron chi connectivity index (χ1n) is 13.1. The van der Waals surface area contributed by atoms with Gasteiger partial charge in [-0.05, 0) is 53.4 Å². The molecule has 0 bridgehead atoms. The van der Waals surface area contributed by atoms with E-state index in [1.807, 2.05) is 27.7 Å². The Kier molecular flexibility index (Phi) is 11.5. The van der Waals surface area contributed by atoms with Crippen LogP contribution in [0.25, 0.3) is 0 Å². The summed E-state index contributed by atoms with van der Waals surface area (Å²) in [4.78, 5) is 38.5. The fourth-order valence-electron chi connectivity index (χ4n) is 4.07. The second kappa shape index (κ2) is 14.1. The van der Waals surface area contributed by atoms with Gasteiger partial charge in [-0.2, -0.15) is 0 Å². The first-order valence-corrected chi connectivity index (χ1v) is 13.1. The molecule has 0 aromatic heterocycles. The number of piperidine rings is 1. The largest absolute Gasteiger partial charge is 0.496 e. The lowest BCUT2D eigenvalue weighted by Gasteiger charge is -2.38. The minimum absolute atomic E-state index is 0.0371. The van der Waals surface area contributed by atoms with Crippen molar-refractivity contribution in [3.05, 3.63) is 17.7 Å². The number of hydrogen-bond donors (Lipinski definition) is 3. The Morgan fingerprint density at radius 2 is 1.63 bits per heavy atom. The van der Waals surface area contributed by atoms with Crippen LogP contribution in [0.5, 0.6) is 17.2 Å². The molecule has 11 heteroatoms. The maximum absolute atomic E-state index is 13.1. The molecule has 0 radical (unpaired) electrons. The van der Waals surface area contributed by atoms with Gasteiger partial charge < -0.3 is 40.2 Å². The molecule has 0 aliphatic carbocycles. The molecule has 1 aromatic carbocycles. The van der Waals surface area contributed by atoms with Gasteiger partial charge in [-0.25, -0.2) is 4.79 Å². The summed E-state index contributed by atoms with van der Waals surface area (Å²) in [6.45, 7) is 9.21. The summed E-state index contributed by atoms with van der Waals surface area (Å²) in [6, 6.07) is 3.48. The van der Waals surface area contributed by atoms with Crippen LogP contribution in [0, 0.1) is 0 Å². The third-order valence-electron chi connectivity index (χ3n) is 6.21. The van der Waals surface area contributed by atoms with E-state index in [4.69, 9.17) is 24.7 Å². The normalized spacial score (nSPS) is 14.9. The Morgan fingerprint density at radius 3 is 2.16 bits per heavy atom. The summed E-state index contributed by atoms with van der Waals surface area (Å²) in [5.74, 6) is 1.31. The van der Waals surface area contributed by atoms with Gasteiger partial charge in [0, 0.05) is 38.2 Å². The van der Waals surface area contributed by atoms with Crippen LogP contribution in [0.4, 0.5) is 4.79 Å². The van der Waals surface area contributed by atoms with Crippen LogP contribution in [-0.2, 0) is 20.9 Å². The molecule has 0 atom stereocenters. The molecule has 0 saturated carbocycles. The minimum Gasteiger partial charge on any atom is -0.496 e. The van der Waals surface area contributed by atoms with Crippen LogP contribution in [0.1, 0.15) is 65.4 Å². The van der Waals surface area contributed by atoms with E-state index in [-0.39, 0.29) is 18.4 Å². The number of rotatable bonds is 12. The van der Waals surface area contributed by atoms with Crippen molar-refractivity contribution in [3.8, 4) is 17.2 Å². The Bertz CT molecular complexity index is 928. The zero-order valence-electron chi connectivity index (χ0n) is 23.6. The molecule has 4 N–H and O–H groups in total. The number of benzene rings is 1. The second-order valence-electron chi connectivity index (χ2n) is 10.4. The summed E-state index contributed by atoms with van der Waals surface area (Å²) < 4.78 is 22.3. The molecule has 1 aliphatic rings. The van der Waals surface area contributed by atoms with Gasteiger partial charge in [-0.3, -0.25) is 9.59 Å².